The Labute approximate surface area is 122 Å². The molecule has 3 aromatic rings. The first-order chi connectivity index (χ1) is 10.2. The molecule has 0 atom stereocenters. The van der Waals surface area contributed by atoms with Crippen molar-refractivity contribution >= 4 is 5.69 Å². The van der Waals surface area contributed by atoms with Crippen LogP contribution in [0, 0.1) is 12.7 Å². The van der Waals surface area contributed by atoms with E-state index in [0.29, 0.717) is 12.2 Å². The van der Waals surface area contributed by atoms with Crippen LogP contribution < -0.4 is 5.32 Å². The Bertz CT molecular complexity index is 738. The molecular formula is C16H15FN4. The largest absolute Gasteiger partial charge is 0.381 e. The highest BCUT2D eigenvalue weighted by Crippen LogP contribution is 2.18. The van der Waals surface area contributed by atoms with Crippen LogP contribution in [0.1, 0.15) is 11.1 Å². The molecule has 21 heavy (non-hydrogen) atoms. The van der Waals surface area contributed by atoms with Gasteiger partial charge < -0.3 is 5.32 Å². The van der Waals surface area contributed by atoms with Crippen LogP contribution in [-0.2, 0) is 6.54 Å². The molecule has 0 saturated heterocycles. The van der Waals surface area contributed by atoms with E-state index in [1.165, 1.54) is 29.0 Å². The van der Waals surface area contributed by atoms with Gasteiger partial charge in [0.25, 0.3) is 0 Å². The molecule has 0 aliphatic heterocycles. The van der Waals surface area contributed by atoms with Gasteiger partial charge in [0.2, 0.25) is 0 Å². The summed E-state index contributed by atoms with van der Waals surface area (Å²) in [6.07, 6.45) is 2.85. The summed E-state index contributed by atoms with van der Waals surface area (Å²) in [5.74, 6) is -0.338. The predicted molar refractivity (Wildman–Crippen MR) is 79.8 cm³/mol. The van der Waals surface area contributed by atoms with Gasteiger partial charge >= 0.3 is 0 Å². The first-order valence-electron chi connectivity index (χ1n) is 6.66. The minimum Gasteiger partial charge on any atom is -0.381 e. The summed E-state index contributed by atoms with van der Waals surface area (Å²) in [5.41, 5.74) is 3.49. The van der Waals surface area contributed by atoms with Crippen molar-refractivity contribution in [2.24, 2.45) is 0 Å². The predicted octanol–water partition coefficient (Wildman–Crippen LogP) is 3.33. The van der Waals surface area contributed by atoms with Crippen molar-refractivity contribution < 1.29 is 4.39 Å². The highest BCUT2D eigenvalue weighted by molar-refractivity contribution is 5.49. The van der Waals surface area contributed by atoms with Gasteiger partial charge in [-0.15, -0.1) is 0 Å². The van der Waals surface area contributed by atoms with Crippen LogP contribution in [-0.4, -0.2) is 14.8 Å². The number of hydrogen-bond donors (Lipinski definition) is 1. The van der Waals surface area contributed by atoms with Gasteiger partial charge in [-0.1, -0.05) is 29.8 Å². The quantitative estimate of drug-likeness (QED) is 0.798. The van der Waals surface area contributed by atoms with E-state index in [0.717, 1.165) is 11.3 Å². The third-order valence-electron chi connectivity index (χ3n) is 3.19. The van der Waals surface area contributed by atoms with E-state index < -0.39 is 0 Å². The molecule has 0 radical (unpaired) electrons. The summed E-state index contributed by atoms with van der Waals surface area (Å²) in [5, 5.41) is 7.14. The normalized spacial score (nSPS) is 10.6. The zero-order valence-corrected chi connectivity index (χ0v) is 11.6. The lowest BCUT2D eigenvalue weighted by molar-refractivity contribution is 0.611. The standard InChI is InChI=1S/C16H15FN4/c1-12-3-2-4-13(7-12)9-19-14-5-6-16(15(17)8-14)21-11-18-10-20-21/h2-8,10-11,19H,9H2,1H3. The van der Waals surface area contributed by atoms with Crippen molar-refractivity contribution in [3.8, 4) is 5.69 Å². The Kier molecular flexibility index (Phi) is 3.64. The van der Waals surface area contributed by atoms with Gasteiger partial charge in [0.15, 0.2) is 5.82 Å². The van der Waals surface area contributed by atoms with Crippen LogP contribution in [0.4, 0.5) is 10.1 Å². The molecule has 1 aromatic heterocycles. The molecule has 0 bridgehead atoms. The third kappa shape index (κ3) is 3.08. The fourth-order valence-corrected chi connectivity index (χ4v) is 2.16. The number of aryl methyl sites for hydroxylation is 1. The highest BCUT2D eigenvalue weighted by Gasteiger charge is 2.06. The Hall–Kier alpha value is -2.69. The van der Waals surface area contributed by atoms with Crippen molar-refractivity contribution in [3.05, 3.63) is 72.1 Å². The Morgan fingerprint density at radius 1 is 1.19 bits per heavy atom. The van der Waals surface area contributed by atoms with Crippen molar-refractivity contribution in [2.45, 2.75) is 13.5 Å². The molecule has 0 amide bonds. The summed E-state index contributed by atoms with van der Waals surface area (Å²) < 4.78 is 15.5. The van der Waals surface area contributed by atoms with Crippen molar-refractivity contribution in [3.63, 3.8) is 0 Å². The van der Waals surface area contributed by atoms with Gasteiger partial charge in [-0.3, -0.25) is 0 Å². The van der Waals surface area contributed by atoms with E-state index in [-0.39, 0.29) is 5.82 Å². The van der Waals surface area contributed by atoms with Crippen molar-refractivity contribution in [2.75, 3.05) is 5.32 Å². The smallest absolute Gasteiger partial charge is 0.150 e. The number of nitrogens with zero attached hydrogens (tertiary/aromatic N) is 3. The molecule has 0 unspecified atom stereocenters. The Balaban J connectivity index is 1.74. The number of halogens is 1. The van der Waals surface area contributed by atoms with Crippen molar-refractivity contribution in [1.29, 1.82) is 0 Å². The number of benzene rings is 2. The molecule has 0 spiro atoms. The second-order valence-electron chi connectivity index (χ2n) is 4.85. The van der Waals surface area contributed by atoms with E-state index in [9.17, 15) is 4.39 Å². The van der Waals surface area contributed by atoms with Crippen molar-refractivity contribution in [1.82, 2.24) is 14.8 Å². The molecule has 4 nitrogen and oxygen atoms in total. The van der Waals surface area contributed by atoms with Crippen LogP contribution in [0.15, 0.2) is 55.1 Å². The number of hydrogen-bond acceptors (Lipinski definition) is 3. The van der Waals surface area contributed by atoms with Crippen LogP contribution >= 0.6 is 0 Å². The molecule has 0 aliphatic carbocycles. The van der Waals surface area contributed by atoms with Gasteiger partial charge in [0, 0.05) is 12.2 Å². The van der Waals surface area contributed by atoms with E-state index in [4.69, 9.17) is 0 Å². The summed E-state index contributed by atoms with van der Waals surface area (Å²) in [6.45, 7) is 2.71. The number of nitrogens with one attached hydrogen (secondary N) is 1. The molecule has 106 valence electrons. The number of anilines is 1. The second kappa shape index (κ2) is 5.75. The average molecular weight is 282 g/mol. The number of rotatable bonds is 4. The summed E-state index contributed by atoms with van der Waals surface area (Å²) in [4.78, 5) is 3.82. The van der Waals surface area contributed by atoms with E-state index in [1.54, 1.807) is 6.07 Å². The SMILES string of the molecule is Cc1cccc(CNc2ccc(-n3cncn3)c(F)c2)c1. The molecule has 1 N–H and O–H groups in total. The van der Waals surface area contributed by atoms with Crippen LogP contribution in [0.5, 0.6) is 0 Å². The third-order valence-corrected chi connectivity index (χ3v) is 3.19. The van der Waals surface area contributed by atoms with E-state index >= 15 is 0 Å². The van der Waals surface area contributed by atoms with Gasteiger partial charge in [0.05, 0.1) is 0 Å². The van der Waals surface area contributed by atoms with E-state index in [2.05, 4.69) is 34.5 Å². The second-order valence-corrected chi connectivity index (χ2v) is 4.85. The maximum atomic E-state index is 14.1. The zero-order valence-electron chi connectivity index (χ0n) is 11.6. The highest BCUT2D eigenvalue weighted by atomic mass is 19.1. The van der Waals surface area contributed by atoms with Gasteiger partial charge in [-0.2, -0.15) is 5.10 Å². The lowest BCUT2D eigenvalue weighted by atomic mass is 10.1. The fraction of sp³-hybridized carbons (Fsp3) is 0.125. The first kappa shape index (κ1) is 13.3. The minimum atomic E-state index is -0.338. The molecule has 3 rings (SSSR count). The molecular weight excluding hydrogens is 267 g/mol. The topological polar surface area (TPSA) is 42.7 Å². The number of aromatic nitrogens is 3. The Morgan fingerprint density at radius 3 is 2.81 bits per heavy atom. The van der Waals surface area contributed by atoms with Gasteiger partial charge in [-0.25, -0.2) is 14.1 Å². The molecule has 5 heteroatoms. The molecule has 0 aliphatic rings. The van der Waals surface area contributed by atoms with Crippen LogP contribution in [0.2, 0.25) is 0 Å². The van der Waals surface area contributed by atoms with E-state index in [1.807, 2.05) is 18.2 Å². The lowest BCUT2D eigenvalue weighted by Crippen LogP contribution is -2.02. The maximum absolute atomic E-state index is 14.1. The summed E-state index contributed by atoms with van der Waals surface area (Å²) in [7, 11) is 0. The zero-order chi connectivity index (χ0) is 14.7. The molecule has 1 heterocycles. The monoisotopic (exact) mass is 282 g/mol. The molecule has 0 fully saturated rings. The fourth-order valence-electron chi connectivity index (χ4n) is 2.16. The van der Waals surface area contributed by atoms with Crippen LogP contribution in [0.25, 0.3) is 5.69 Å². The Morgan fingerprint density at radius 2 is 2.10 bits per heavy atom. The summed E-state index contributed by atoms with van der Waals surface area (Å²) in [6, 6.07) is 13.2. The maximum Gasteiger partial charge on any atom is 0.150 e. The van der Waals surface area contributed by atoms with Gasteiger partial charge in [-0.05, 0) is 30.7 Å². The summed E-state index contributed by atoms with van der Waals surface area (Å²) >= 11 is 0. The lowest BCUT2D eigenvalue weighted by Gasteiger charge is -2.09. The van der Waals surface area contributed by atoms with Gasteiger partial charge in [0.1, 0.15) is 18.3 Å². The minimum absolute atomic E-state index is 0.338. The average Bonchev–Trinajstić information content (AvgIpc) is 2.99. The molecule has 2 aromatic carbocycles. The molecule has 0 saturated carbocycles. The first-order valence-corrected chi connectivity index (χ1v) is 6.66. The van der Waals surface area contributed by atoms with Crippen LogP contribution in [0.3, 0.4) is 0 Å².